The molecule has 5 nitrogen and oxygen atoms in total. The van der Waals surface area contributed by atoms with Gasteiger partial charge in [0.25, 0.3) is 0 Å². The van der Waals surface area contributed by atoms with Gasteiger partial charge in [-0.1, -0.05) is 24.3 Å². The molecule has 0 spiro atoms. The van der Waals surface area contributed by atoms with Crippen LogP contribution in [0.1, 0.15) is 12.5 Å². The van der Waals surface area contributed by atoms with Crippen molar-refractivity contribution < 1.29 is 9.47 Å². The lowest BCUT2D eigenvalue weighted by atomic mass is 10.1. The summed E-state index contributed by atoms with van der Waals surface area (Å²) in [5.74, 6) is 1.37. The standard InChI is InChI=1S/C18H19N3O2/c1-4-13-5-8-15(9-6-13)21-12-16(19-20-21)14-7-10-17(22-2)18(11-14)23-3/h5-12H,4H2,1-3H3. The van der Waals surface area contributed by atoms with Crippen molar-refractivity contribution >= 4 is 0 Å². The van der Waals surface area contributed by atoms with Gasteiger partial charge in [0.1, 0.15) is 5.69 Å². The van der Waals surface area contributed by atoms with E-state index in [9.17, 15) is 0 Å². The van der Waals surface area contributed by atoms with Crippen molar-refractivity contribution in [3.05, 3.63) is 54.2 Å². The molecule has 0 aliphatic heterocycles. The molecule has 0 fully saturated rings. The largest absolute Gasteiger partial charge is 0.493 e. The molecule has 0 atom stereocenters. The maximum atomic E-state index is 5.34. The molecular formula is C18H19N3O2. The van der Waals surface area contributed by atoms with Crippen LogP contribution >= 0.6 is 0 Å². The molecule has 1 heterocycles. The second-order valence-corrected chi connectivity index (χ2v) is 5.14. The third kappa shape index (κ3) is 3.04. The molecular weight excluding hydrogens is 290 g/mol. The molecule has 3 aromatic rings. The fourth-order valence-corrected chi connectivity index (χ4v) is 2.40. The Labute approximate surface area is 135 Å². The van der Waals surface area contributed by atoms with Crippen molar-refractivity contribution in [3.8, 4) is 28.4 Å². The van der Waals surface area contributed by atoms with Crippen molar-refractivity contribution in [1.29, 1.82) is 0 Å². The van der Waals surface area contributed by atoms with E-state index in [-0.39, 0.29) is 0 Å². The van der Waals surface area contributed by atoms with Crippen LogP contribution in [-0.4, -0.2) is 29.2 Å². The highest BCUT2D eigenvalue weighted by atomic mass is 16.5. The van der Waals surface area contributed by atoms with E-state index in [0.29, 0.717) is 11.5 Å². The van der Waals surface area contributed by atoms with Gasteiger partial charge in [-0.3, -0.25) is 0 Å². The SMILES string of the molecule is CCc1ccc(-n2cc(-c3ccc(OC)c(OC)c3)nn2)cc1. The molecule has 1 aromatic heterocycles. The van der Waals surface area contributed by atoms with Gasteiger partial charge in [-0.05, 0) is 42.3 Å². The monoisotopic (exact) mass is 309 g/mol. The third-order valence-corrected chi connectivity index (χ3v) is 3.78. The number of methoxy groups -OCH3 is 2. The number of aromatic nitrogens is 3. The Balaban J connectivity index is 1.92. The Kier molecular flexibility index (Phi) is 4.28. The smallest absolute Gasteiger partial charge is 0.161 e. The lowest BCUT2D eigenvalue weighted by Gasteiger charge is -2.08. The van der Waals surface area contributed by atoms with E-state index >= 15 is 0 Å². The molecule has 0 aliphatic carbocycles. The zero-order chi connectivity index (χ0) is 16.2. The minimum atomic E-state index is 0.673. The highest BCUT2D eigenvalue weighted by molar-refractivity contribution is 5.63. The summed E-state index contributed by atoms with van der Waals surface area (Å²) in [6, 6.07) is 14.0. The van der Waals surface area contributed by atoms with Gasteiger partial charge in [-0.15, -0.1) is 5.10 Å². The number of aryl methyl sites for hydroxylation is 1. The maximum absolute atomic E-state index is 5.34. The summed E-state index contributed by atoms with van der Waals surface area (Å²) >= 11 is 0. The second-order valence-electron chi connectivity index (χ2n) is 5.14. The van der Waals surface area contributed by atoms with Crippen LogP contribution in [0.3, 0.4) is 0 Å². The average Bonchev–Trinajstić information content (AvgIpc) is 3.11. The Hall–Kier alpha value is -2.82. The molecule has 0 saturated heterocycles. The lowest BCUT2D eigenvalue weighted by molar-refractivity contribution is 0.355. The topological polar surface area (TPSA) is 49.2 Å². The van der Waals surface area contributed by atoms with Crippen LogP contribution in [0.5, 0.6) is 11.5 Å². The van der Waals surface area contributed by atoms with E-state index in [1.807, 2.05) is 36.5 Å². The van der Waals surface area contributed by atoms with Gasteiger partial charge in [-0.2, -0.15) is 0 Å². The Morgan fingerprint density at radius 3 is 2.35 bits per heavy atom. The van der Waals surface area contributed by atoms with Crippen LogP contribution in [0.25, 0.3) is 16.9 Å². The molecule has 0 bridgehead atoms. The number of benzene rings is 2. The Bertz CT molecular complexity index is 794. The summed E-state index contributed by atoms with van der Waals surface area (Å²) in [5.41, 5.74) is 4.00. The predicted octanol–water partition coefficient (Wildman–Crippen LogP) is 3.51. The molecule has 0 saturated carbocycles. The summed E-state index contributed by atoms with van der Waals surface area (Å²) in [6.07, 6.45) is 2.93. The van der Waals surface area contributed by atoms with Gasteiger partial charge in [-0.25, -0.2) is 4.68 Å². The second kappa shape index (κ2) is 6.52. The van der Waals surface area contributed by atoms with Crippen LogP contribution in [0.15, 0.2) is 48.7 Å². The van der Waals surface area contributed by atoms with E-state index in [1.165, 1.54) is 5.56 Å². The van der Waals surface area contributed by atoms with E-state index in [2.05, 4.69) is 29.4 Å². The van der Waals surface area contributed by atoms with Crippen LogP contribution in [0.2, 0.25) is 0 Å². The van der Waals surface area contributed by atoms with Crippen molar-refractivity contribution in [2.24, 2.45) is 0 Å². The van der Waals surface area contributed by atoms with Crippen LogP contribution in [0.4, 0.5) is 0 Å². The first-order chi connectivity index (χ1) is 11.2. The molecule has 23 heavy (non-hydrogen) atoms. The number of rotatable bonds is 5. The summed E-state index contributed by atoms with van der Waals surface area (Å²) in [7, 11) is 3.24. The molecule has 0 aliphatic rings. The summed E-state index contributed by atoms with van der Waals surface area (Å²) in [6.45, 7) is 2.14. The molecule has 0 amide bonds. The molecule has 118 valence electrons. The van der Waals surface area contributed by atoms with E-state index in [4.69, 9.17) is 9.47 Å². The number of hydrogen-bond acceptors (Lipinski definition) is 4. The zero-order valence-electron chi connectivity index (χ0n) is 13.5. The van der Waals surface area contributed by atoms with Crippen molar-refractivity contribution in [1.82, 2.24) is 15.0 Å². The fraction of sp³-hybridized carbons (Fsp3) is 0.222. The minimum Gasteiger partial charge on any atom is -0.493 e. The molecule has 0 N–H and O–H groups in total. The third-order valence-electron chi connectivity index (χ3n) is 3.78. The molecule has 2 aromatic carbocycles. The van der Waals surface area contributed by atoms with Gasteiger partial charge in [0.15, 0.2) is 11.5 Å². The van der Waals surface area contributed by atoms with Gasteiger partial charge in [0.05, 0.1) is 26.1 Å². The van der Waals surface area contributed by atoms with Crippen LogP contribution < -0.4 is 9.47 Å². The summed E-state index contributed by atoms with van der Waals surface area (Å²) in [5, 5.41) is 8.46. The van der Waals surface area contributed by atoms with Crippen molar-refractivity contribution in [2.45, 2.75) is 13.3 Å². The van der Waals surface area contributed by atoms with Crippen molar-refractivity contribution in [2.75, 3.05) is 14.2 Å². The molecule has 3 rings (SSSR count). The minimum absolute atomic E-state index is 0.673. The Morgan fingerprint density at radius 1 is 0.957 bits per heavy atom. The van der Waals surface area contributed by atoms with Gasteiger partial charge in [0, 0.05) is 5.56 Å². The maximum Gasteiger partial charge on any atom is 0.161 e. The number of ether oxygens (including phenoxy) is 2. The van der Waals surface area contributed by atoms with Crippen LogP contribution in [0, 0.1) is 0 Å². The van der Waals surface area contributed by atoms with Gasteiger partial charge >= 0.3 is 0 Å². The molecule has 5 heteroatoms. The van der Waals surface area contributed by atoms with E-state index < -0.39 is 0 Å². The molecule has 0 radical (unpaired) electrons. The highest BCUT2D eigenvalue weighted by Crippen LogP contribution is 2.31. The highest BCUT2D eigenvalue weighted by Gasteiger charge is 2.10. The summed E-state index contributed by atoms with van der Waals surface area (Å²) in [4.78, 5) is 0. The van der Waals surface area contributed by atoms with Crippen LogP contribution in [-0.2, 0) is 6.42 Å². The van der Waals surface area contributed by atoms with Crippen molar-refractivity contribution in [3.63, 3.8) is 0 Å². The average molecular weight is 309 g/mol. The predicted molar refractivity (Wildman–Crippen MR) is 89.3 cm³/mol. The first-order valence-electron chi connectivity index (χ1n) is 7.49. The lowest BCUT2D eigenvalue weighted by Crippen LogP contribution is -1.94. The van der Waals surface area contributed by atoms with Gasteiger partial charge in [0.2, 0.25) is 0 Å². The van der Waals surface area contributed by atoms with E-state index in [1.54, 1.807) is 18.9 Å². The van der Waals surface area contributed by atoms with Gasteiger partial charge < -0.3 is 9.47 Å². The fourth-order valence-electron chi connectivity index (χ4n) is 2.40. The quantitative estimate of drug-likeness (QED) is 0.723. The Morgan fingerprint density at radius 2 is 1.70 bits per heavy atom. The number of hydrogen-bond donors (Lipinski definition) is 0. The number of nitrogens with zero attached hydrogens (tertiary/aromatic N) is 3. The molecule has 0 unspecified atom stereocenters. The zero-order valence-corrected chi connectivity index (χ0v) is 13.5. The first-order valence-corrected chi connectivity index (χ1v) is 7.49. The van der Waals surface area contributed by atoms with E-state index in [0.717, 1.165) is 23.4 Å². The first kappa shape index (κ1) is 15.1. The normalized spacial score (nSPS) is 10.6. The summed E-state index contributed by atoms with van der Waals surface area (Å²) < 4.78 is 12.4.